The van der Waals surface area contributed by atoms with Crippen LogP contribution in [-0.4, -0.2) is 30.3 Å². The average molecular weight is 348 g/mol. The summed E-state index contributed by atoms with van der Waals surface area (Å²) >= 11 is 0. The van der Waals surface area contributed by atoms with E-state index in [1.807, 2.05) is 12.1 Å². The van der Waals surface area contributed by atoms with Gasteiger partial charge in [-0.2, -0.15) is 5.10 Å². The second-order valence-electron chi connectivity index (χ2n) is 6.23. The highest BCUT2D eigenvalue weighted by Gasteiger charge is 2.06. The lowest BCUT2D eigenvalue weighted by atomic mass is 10.1. The van der Waals surface area contributed by atoms with E-state index in [9.17, 15) is 9.90 Å². The van der Waals surface area contributed by atoms with Crippen molar-refractivity contribution in [1.82, 2.24) is 5.43 Å². The van der Waals surface area contributed by atoms with Gasteiger partial charge in [0.2, 0.25) is 5.91 Å². The maximum atomic E-state index is 11.7. The molecule has 0 aliphatic carbocycles. The summed E-state index contributed by atoms with van der Waals surface area (Å²) in [6, 6.07) is 5.49. The smallest absolute Gasteiger partial charge is 0.240 e. The van der Waals surface area contributed by atoms with E-state index in [2.05, 4.69) is 36.2 Å². The van der Waals surface area contributed by atoms with Gasteiger partial charge in [-0.05, 0) is 32.4 Å². The van der Waals surface area contributed by atoms with Gasteiger partial charge in [0.15, 0.2) is 0 Å². The molecule has 2 N–H and O–H groups in total. The summed E-state index contributed by atoms with van der Waals surface area (Å²) in [4.78, 5) is 13.9. The molecule has 25 heavy (non-hydrogen) atoms. The van der Waals surface area contributed by atoms with Gasteiger partial charge in [0.25, 0.3) is 0 Å². The van der Waals surface area contributed by atoms with Gasteiger partial charge in [0, 0.05) is 36.8 Å². The quantitative estimate of drug-likeness (QED) is 0.334. The number of carbonyl (C=O) groups excluding carboxylic acids is 1. The molecule has 0 heterocycles. The Kier molecular flexibility index (Phi) is 10.4. The van der Waals surface area contributed by atoms with E-state index in [0.29, 0.717) is 12.0 Å². The molecule has 1 amide bonds. The molecule has 0 radical (unpaired) electrons. The van der Waals surface area contributed by atoms with Crippen LogP contribution in [0, 0.1) is 0 Å². The van der Waals surface area contributed by atoms with Crippen molar-refractivity contribution in [2.75, 3.05) is 18.0 Å². The van der Waals surface area contributed by atoms with E-state index in [1.165, 1.54) is 31.9 Å². The first kappa shape index (κ1) is 21.0. The number of rotatable bonds is 12. The molecule has 0 saturated heterocycles. The SMILES string of the molecule is CCCCCCCCC(=O)NN=Cc1ccc(N(CC)CC)cc1O. The number of phenolic OH excluding ortho intramolecular Hbond substituents is 1. The normalized spacial score (nSPS) is 11.0. The number of hydrazone groups is 1. The van der Waals surface area contributed by atoms with Gasteiger partial charge in [-0.1, -0.05) is 39.0 Å². The summed E-state index contributed by atoms with van der Waals surface area (Å²) < 4.78 is 0. The third-order valence-electron chi connectivity index (χ3n) is 4.29. The molecule has 1 aromatic carbocycles. The average Bonchev–Trinajstić information content (AvgIpc) is 2.61. The van der Waals surface area contributed by atoms with Gasteiger partial charge in [-0.3, -0.25) is 4.79 Å². The van der Waals surface area contributed by atoms with Gasteiger partial charge in [0.05, 0.1) is 6.21 Å². The number of carbonyl (C=O) groups is 1. The summed E-state index contributed by atoms with van der Waals surface area (Å²) in [7, 11) is 0. The van der Waals surface area contributed by atoms with Crippen molar-refractivity contribution in [2.24, 2.45) is 5.10 Å². The Morgan fingerprint density at radius 2 is 1.80 bits per heavy atom. The molecule has 0 unspecified atom stereocenters. The van der Waals surface area contributed by atoms with Crippen LogP contribution in [0.2, 0.25) is 0 Å². The third-order valence-corrected chi connectivity index (χ3v) is 4.29. The molecular formula is C20H33N3O2. The van der Waals surface area contributed by atoms with Crippen molar-refractivity contribution in [3.63, 3.8) is 0 Å². The van der Waals surface area contributed by atoms with Crippen LogP contribution in [0.1, 0.15) is 71.3 Å². The molecule has 0 aliphatic heterocycles. The number of aromatic hydroxyl groups is 1. The number of nitrogens with one attached hydrogen (secondary N) is 1. The maximum Gasteiger partial charge on any atom is 0.240 e. The van der Waals surface area contributed by atoms with Crippen molar-refractivity contribution >= 4 is 17.8 Å². The maximum absolute atomic E-state index is 11.7. The summed E-state index contributed by atoms with van der Waals surface area (Å²) in [5.74, 6) is 0.0873. The molecule has 0 fully saturated rings. The van der Waals surface area contributed by atoms with Crippen LogP contribution in [0.3, 0.4) is 0 Å². The highest BCUT2D eigenvalue weighted by Crippen LogP contribution is 2.23. The lowest BCUT2D eigenvalue weighted by Gasteiger charge is -2.21. The zero-order valence-corrected chi connectivity index (χ0v) is 15.9. The van der Waals surface area contributed by atoms with E-state index >= 15 is 0 Å². The van der Waals surface area contributed by atoms with Gasteiger partial charge in [-0.15, -0.1) is 0 Å². The number of phenols is 1. The lowest BCUT2D eigenvalue weighted by Crippen LogP contribution is -2.21. The Hall–Kier alpha value is -2.04. The number of amides is 1. The minimum absolute atomic E-state index is 0.0778. The largest absolute Gasteiger partial charge is 0.507 e. The minimum Gasteiger partial charge on any atom is -0.507 e. The predicted molar refractivity (Wildman–Crippen MR) is 105 cm³/mol. The number of benzene rings is 1. The zero-order chi connectivity index (χ0) is 18.5. The molecule has 0 aliphatic rings. The molecule has 0 atom stereocenters. The fraction of sp³-hybridized carbons (Fsp3) is 0.600. The van der Waals surface area contributed by atoms with Crippen LogP contribution in [0.4, 0.5) is 5.69 Å². The first-order valence-corrected chi connectivity index (χ1v) is 9.52. The van der Waals surface area contributed by atoms with Gasteiger partial charge >= 0.3 is 0 Å². The Labute approximate surface area is 152 Å². The fourth-order valence-electron chi connectivity index (χ4n) is 2.72. The van der Waals surface area contributed by atoms with Crippen LogP contribution < -0.4 is 10.3 Å². The second kappa shape index (κ2) is 12.3. The first-order chi connectivity index (χ1) is 12.1. The highest BCUT2D eigenvalue weighted by molar-refractivity contribution is 5.86. The molecule has 1 aromatic rings. The topological polar surface area (TPSA) is 64.9 Å². The second-order valence-corrected chi connectivity index (χ2v) is 6.23. The monoisotopic (exact) mass is 347 g/mol. The Morgan fingerprint density at radius 1 is 1.12 bits per heavy atom. The molecule has 140 valence electrons. The van der Waals surface area contributed by atoms with Crippen LogP contribution in [0.25, 0.3) is 0 Å². The van der Waals surface area contributed by atoms with Crippen molar-refractivity contribution in [1.29, 1.82) is 0 Å². The molecule has 5 nitrogen and oxygen atoms in total. The van der Waals surface area contributed by atoms with Crippen LogP contribution in [0.5, 0.6) is 5.75 Å². The van der Waals surface area contributed by atoms with Gasteiger partial charge in [0.1, 0.15) is 5.75 Å². The van der Waals surface area contributed by atoms with Crippen molar-refractivity contribution in [3.05, 3.63) is 23.8 Å². The summed E-state index contributed by atoms with van der Waals surface area (Å²) in [6.07, 6.45) is 8.91. The molecule has 0 spiro atoms. The molecule has 0 saturated carbocycles. The molecule has 1 rings (SSSR count). The van der Waals surface area contributed by atoms with Crippen LogP contribution in [-0.2, 0) is 4.79 Å². The number of anilines is 1. The molecular weight excluding hydrogens is 314 g/mol. The Morgan fingerprint density at radius 3 is 2.44 bits per heavy atom. The standard InChI is InChI=1S/C20H33N3O2/c1-4-7-8-9-10-11-12-20(25)22-21-16-17-13-14-18(15-19(17)24)23(5-2)6-3/h13-16,24H,4-12H2,1-3H3,(H,22,25). The number of unbranched alkanes of at least 4 members (excludes halogenated alkanes) is 5. The highest BCUT2D eigenvalue weighted by atomic mass is 16.3. The number of nitrogens with zero attached hydrogens (tertiary/aromatic N) is 2. The van der Waals surface area contributed by atoms with E-state index in [-0.39, 0.29) is 11.7 Å². The van der Waals surface area contributed by atoms with Crippen molar-refractivity contribution in [3.8, 4) is 5.75 Å². The van der Waals surface area contributed by atoms with E-state index in [0.717, 1.165) is 31.6 Å². The third kappa shape index (κ3) is 8.05. The Balaban J connectivity index is 2.39. The van der Waals surface area contributed by atoms with Crippen LogP contribution in [0.15, 0.2) is 23.3 Å². The van der Waals surface area contributed by atoms with Crippen molar-refractivity contribution in [2.45, 2.75) is 65.7 Å². The first-order valence-electron chi connectivity index (χ1n) is 9.52. The molecule has 0 aromatic heterocycles. The lowest BCUT2D eigenvalue weighted by molar-refractivity contribution is -0.121. The summed E-state index contributed by atoms with van der Waals surface area (Å²) in [6.45, 7) is 8.13. The van der Waals surface area contributed by atoms with E-state index in [4.69, 9.17) is 0 Å². The Bertz CT molecular complexity index is 540. The van der Waals surface area contributed by atoms with E-state index in [1.54, 1.807) is 6.07 Å². The fourth-order valence-corrected chi connectivity index (χ4v) is 2.72. The number of hydrogen-bond acceptors (Lipinski definition) is 4. The number of hydrogen-bond donors (Lipinski definition) is 2. The minimum atomic E-state index is -0.0778. The van der Waals surface area contributed by atoms with Crippen molar-refractivity contribution < 1.29 is 9.90 Å². The summed E-state index contributed by atoms with van der Waals surface area (Å²) in [5, 5.41) is 14.1. The predicted octanol–water partition coefficient (Wildman–Crippen LogP) is 4.44. The van der Waals surface area contributed by atoms with Gasteiger partial charge in [-0.25, -0.2) is 5.43 Å². The van der Waals surface area contributed by atoms with E-state index < -0.39 is 0 Å². The van der Waals surface area contributed by atoms with Crippen LogP contribution >= 0.6 is 0 Å². The molecule has 5 heteroatoms. The summed E-state index contributed by atoms with van der Waals surface area (Å²) in [5.41, 5.74) is 4.10. The zero-order valence-electron chi connectivity index (χ0n) is 15.9. The molecule has 0 bridgehead atoms. The van der Waals surface area contributed by atoms with Gasteiger partial charge < -0.3 is 10.0 Å².